The Hall–Kier alpha value is -1.06. The van der Waals surface area contributed by atoms with Crippen molar-refractivity contribution >= 4 is 11.9 Å². The van der Waals surface area contributed by atoms with Gasteiger partial charge in [-0.3, -0.25) is 4.79 Å². The van der Waals surface area contributed by atoms with E-state index < -0.39 is 0 Å². The second-order valence-electron chi connectivity index (χ2n) is 4.86. The number of ether oxygens (including phenoxy) is 1. The fourth-order valence-corrected chi connectivity index (χ4v) is 2.45. The summed E-state index contributed by atoms with van der Waals surface area (Å²) in [6.45, 7) is 0. The molecule has 0 aromatic carbocycles. The van der Waals surface area contributed by atoms with E-state index in [-0.39, 0.29) is 18.1 Å². The predicted octanol–water partition coefficient (Wildman–Crippen LogP) is 1.88. The van der Waals surface area contributed by atoms with Gasteiger partial charge in [-0.25, -0.2) is 4.79 Å². The lowest BCUT2D eigenvalue weighted by atomic mass is 9.82. The molecule has 4 nitrogen and oxygen atoms in total. The van der Waals surface area contributed by atoms with E-state index in [0.29, 0.717) is 11.7 Å². The molecule has 0 heterocycles. The summed E-state index contributed by atoms with van der Waals surface area (Å²) >= 11 is 0. The highest BCUT2D eigenvalue weighted by atomic mass is 16.5. The van der Waals surface area contributed by atoms with Crippen molar-refractivity contribution in [2.45, 2.75) is 44.6 Å². The Morgan fingerprint density at radius 3 is 1.94 bits per heavy atom. The van der Waals surface area contributed by atoms with Crippen molar-refractivity contribution in [3.05, 3.63) is 0 Å². The molecule has 0 aromatic rings. The average Bonchev–Trinajstić information content (AvgIpc) is 3.13. The third-order valence-corrected chi connectivity index (χ3v) is 3.62. The maximum atomic E-state index is 11.8. The first-order chi connectivity index (χ1) is 7.70. The van der Waals surface area contributed by atoms with Gasteiger partial charge in [-0.2, -0.15) is 0 Å². The van der Waals surface area contributed by atoms with E-state index in [1.54, 1.807) is 0 Å². The van der Waals surface area contributed by atoms with Crippen molar-refractivity contribution in [3.8, 4) is 0 Å². The highest BCUT2D eigenvalue weighted by Gasteiger charge is 2.36. The number of hydrogen-bond acceptors (Lipinski definition) is 3. The number of methoxy groups -OCH3 is 1. The number of ketones is 1. The molecule has 0 bridgehead atoms. The van der Waals surface area contributed by atoms with Crippen LogP contribution in [0.15, 0.2) is 0 Å². The number of Topliss-reactive ketones (excluding diaryl/α,β-unsaturated/α-hetero) is 1. The fourth-order valence-electron chi connectivity index (χ4n) is 2.45. The SMILES string of the molecule is COC(=O)NC1CCC(C(=O)C2CC2)CC1. The Morgan fingerprint density at radius 1 is 1.00 bits per heavy atom. The van der Waals surface area contributed by atoms with Gasteiger partial charge in [0.05, 0.1) is 7.11 Å². The quantitative estimate of drug-likeness (QED) is 0.797. The van der Waals surface area contributed by atoms with Crippen LogP contribution >= 0.6 is 0 Å². The van der Waals surface area contributed by atoms with E-state index in [2.05, 4.69) is 10.1 Å². The molecule has 0 aliphatic heterocycles. The molecular formula is C12H19NO3. The van der Waals surface area contributed by atoms with Gasteiger partial charge in [-0.15, -0.1) is 0 Å². The molecule has 2 aliphatic carbocycles. The molecule has 1 N–H and O–H groups in total. The summed E-state index contributed by atoms with van der Waals surface area (Å²) < 4.78 is 4.56. The molecule has 0 radical (unpaired) electrons. The maximum Gasteiger partial charge on any atom is 0.407 e. The lowest BCUT2D eigenvalue weighted by Crippen LogP contribution is -2.38. The number of carbonyl (C=O) groups excluding carboxylic acids is 2. The predicted molar refractivity (Wildman–Crippen MR) is 59.0 cm³/mol. The highest BCUT2D eigenvalue weighted by Crippen LogP contribution is 2.37. The zero-order valence-corrected chi connectivity index (χ0v) is 9.70. The summed E-state index contributed by atoms with van der Waals surface area (Å²) in [4.78, 5) is 22.8. The van der Waals surface area contributed by atoms with Crippen LogP contribution in [-0.2, 0) is 9.53 Å². The zero-order chi connectivity index (χ0) is 11.5. The maximum absolute atomic E-state index is 11.8. The smallest absolute Gasteiger partial charge is 0.407 e. The van der Waals surface area contributed by atoms with Crippen LogP contribution in [0.5, 0.6) is 0 Å². The van der Waals surface area contributed by atoms with Gasteiger partial charge >= 0.3 is 6.09 Å². The summed E-state index contributed by atoms with van der Waals surface area (Å²) in [5.74, 6) is 1.09. The molecule has 2 saturated carbocycles. The molecular weight excluding hydrogens is 206 g/mol. The first-order valence-electron chi connectivity index (χ1n) is 6.09. The van der Waals surface area contributed by atoms with Crippen molar-refractivity contribution in [1.82, 2.24) is 5.32 Å². The summed E-state index contributed by atoms with van der Waals surface area (Å²) in [6.07, 6.45) is 5.47. The Morgan fingerprint density at radius 2 is 1.50 bits per heavy atom. The monoisotopic (exact) mass is 225 g/mol. The third-order valence-electron chi connectivity index (χ3n) is 3.62. The number of rotatable bonds is 3. The minimum absolute atomic E-state index is 0.190. The molecule has 0 saturated heterocycles. The van der Waals surface area contributed by atoms with E-state index in [1.165, 1.54) is 7.11 Å². The largest absolute Gasteiger partial charge is 0.453 e. The van der Waals surface area contributed by atoms with Crippen LogP contribution < -0.4 is 5.32 Å². The Labute approximate surface area is 95.7 Å². The van der Waals surface area contributed by atoms with E-state index in [0.717, 1.165) is 38.5 Å². The van der Waals surface area contributed by atoms with Crippen LogP contribution in [-0.4, -0.2) is 25.0 Å². The summed E-state index contributed by atoms with van der Waals surface area (Å²) in [7, 11) is 1.37. The van der Waals surface area contributed by atoms with Gasteiger partial charge in [0.15, 0.2) is 0 Å². The van der Waals surface area contributed by atoms with Crippen LogP contribution in [0.2, 0.25) is 0 Å². The van der Waals surface area contributed by atoms with Gasteiger partial charge in [0.1, 0.15) is 5.78 Å². The summed E-state index contributed by atoms with van der Waals surface area (Å²) in [5.41, 5.74) is 0. The lowest BCUT2D eigenvalue weighted by Gasteiger charge is -2.27. The van der Waals surface area contributed by atoms with Crippen LogP contribution in [0.3, 0.4) is 0 Å². The van der Waals surface area contributed by atoms with E-state index in [9.17, 15) is 9.59 Å². The molecule has 2 fully saturated rings. The summed E-state index contributed by atoms with van der Waals surface area (Å²) in [6, 6.07) is 0.190. The summed E-state index contributed by atoms with van der Waals surface area (Å²) in [5, 5.41) is 2.80. The molecule has 16 heavy (non-hydrogen) atoms. The molecule has 0 atom stereocenters. The van der Waals surface area contributed by atoms with Gasteiger partial charge in [-0.05, 0) is 38.5 Å². The van der Waals surface area contributed by atoms with Gasteiger partial charge in [0.2, 0.25) is 0 Å². The number of hydrogen-bond donors (Lipinski definition) is 1. The number of alkyl carbamates (subject to hydrolysis) is 1. The van der Waals surface area contributed by atoms with E-state index in [4.69, 9.17) is 0 Å². The Balaban J connectivity index is 1.73. The molecule has 1 amide bonds. The van der Waals surface area contributed by atoms with E-state index >= 15 is 0 Å². The highest BCUT2D eigenvalue weighted by molar-refractivity contribution is 5.85. The molecule has 4 heteroatoms. The standard InChI is InChI=1S/C12H19NO3/c1-16-12(15)13-10-6-4-9(5-7-10)11(14)8-2-3-8/h8-10H,2-7H2,1H3,(H,13,15). The van der Waals surface area contributed by atoms with Crippen LogP contribution in [0, 0.1) is 11.8 Å². The van der Waals surface area contributed by atoms with Crippen molar-refractivity contribution in [3.63, 3.8) is 0 Å². The number of nitrogens with one attached hydrogen (secondary N) is 1. The number of carbonyl (C=O) groups is 2. The van der Waals surface area contributed by atoms with Crippen LogP contribution in [0.25, 0.3) is 0 Å². The van der Waals surface area contributed by atoms with E-state index in [1.807, 2.05) is 0 Å². The second kappa shape index (κ2) is 4.85. The second-order valence-corrected chi connectivity index (χ2v) is 4.86. The van der Waals surface area contributed by atoms with Crippen LogP contribution in [0.4, 0.5) is 4.79 Å². The molecule has 90 valence electrons. The van der Waals surface area contributed by atoms with Crippen LogP contribution in [0.1, 0.15) is 38.5 Å². The minimum atomic E-state index is -0.364. The first kappa shape index (κ1) is 11.4. The van der Waals surface area contributed by atoms with Crippen molar-refractivity contribution in [2.24, 2.45) is 11.8 Å². The van der Waals surface area contributed by atoms with Crippen molar-refractivity contribution in [1.29, 1.82) is 0 Å². The normalized spacial score (nSPS) is 29.6. The molecule has 2 aliphatic rings. The lowest BCUT2D eigenvalue weighted by molar-refractivity contribution is -0.125. The third kappa shape index (κ3) is 2.74. The number of amides is 1. The fraction of sp³-hybridized carbons (Fsp3) is 0.833. The molecule has 0 aromatic heterocycles. The Kier molecular flexibility index (Phi) is 3.46. The zero-order valence-electron chi connectivity index (χ0n) is 9.70. The topological polar surface area (TPSA) is 55.4 Å². The molecule has 0 spiro atoms. The molecule has 2 rings (SSSR count). The van der Waals surface area contributed by atoms with Gasteiger partial charge < -0.3 is 10.1 Å². The first-order valence-corrected chi connectivity index (χ1v) is 6.09. The van der Waals surface area contributed by atoms with Crippen molar-refractivity contribution < 1.29 is 14.3 Å². The molecule has 0 unspecified atom stereocenters. The minimum Gasteiger partial charge on any atom is -0.453 e. The Bertz CT molecular complexity index is 278. The van der Waals surface area contributed by atoms with Gasteiger partial charge in [-0.1, -0.05) is 0 Å². The van der Waals surface area contributed by atoms with Crippen molar-refractivity contribution in [2.75, 3.05) is 7.11 Å². The van der Waals surface area contributed by atoms with Gasteiger partial charge in [0.25, 0.3) is 0 Å². The average molecular weight is 225 g/mol. The van der Waals surface area contributed by atoms with Gasteiger partial charge in [0, 0.05) is 17.9 Å².